The molecule has 0 heterocycles. The van der Waals surface area contributed by atoms with Gasteiger partial charge in [-0.05, 0) is 101 Å². The van der Waals surface area contributed by atoms with Crippen molar-refractivity contribution in [2.45, 2.75) is 26.7 Å². The molecule has 0 unspecified atom stereocenters. The van der Waals surface area contributed by atoms with E-state index >= 15 is 0 Å². The third-order valence-electron chi connectivity index (χ3n) is 5.45. The van der Waals surface area contributed by atoms with E-state index in [-0.39, 0.29) is 5.75 Å². The molecule has 3 heteroatoms. The minimum absolute atomic E-state index is 0.264. The SMILES string of the molecule is CCCOc1ccc(-c2cc(-c3ccc(O)cc3)cc(-c3ccc(OCCC)cc3)c2)cc1. The zero-order chi connectivity index (χ0) is 23.0. The molecule has 0 fully saturated rings. The van der Waals surface area contributed by atoms with Crippen LogP contribution < -0.4 is 9.47 Å². The lowest BCUT2D eigenvalue weighted by atomic mass is 9.93. The normalized spacial score (nSPS) is 10.7. The van der Waals surface area contributed by atoms with Gasteiger partial charge in [0.1, 0.15) is 17.2 Å². The highest BCUT2D eigenvalue weighted by Crippen LogP contribution is 2.34. The lowest BCUT2D eigenvalue weighted by Crippen LogP contribution is -1.94. The first kappa shape index (κ1) is 22.5. The van der Waals surface area contributed by atoms with Crippen molar-refractivity contribution in [1.82, 2.24) is 0 Å². The van der Waals surface area contributed by atoms with E-state index in [0.29, 0.717) is 0 Å². The van der Waals surface area contributed by atoms with Gasteiger partial charge in [0.2, 0.25) is 0 Å². The van der Waals surface area contributed by atoms with Crippen LogP contribution in [0.3, 0.4) is 0 Å². The molecule has 0 amide bonds. The van der Waals surface area contributed by atoms with Crippen LogP contribution >= 0.6 is 0 Å². The van der Waals surface area contributed by atoms with Crippen molar-refractivity contribution in [2.24, 2.45) is 0 Å². The number of hydrogen-bond donors (Lipinski definition) is 1. The molecule has 0 aliphatic rings. The molecule has 0 bridgehead atoms. The second-order valence-corrected chi connectivity index (χ2v) is 8.09. The van der Waals surface area contributed by atoms with E-state index in [1.54, 1.807) is 12.1 Å². The lowest BCUT2D eigenvalue weighted by molar-refractivity contribution is 0.317. The monoisotopic (exact) mass is 438 g/mol. The molecule has 33 heavy (non-hydrogen) atoms. The van der Waals surface area contributed by atoms with Gasteiger partial charge in [-0.25, -0.2) is 0 Å². The van der Waals surface area contributed by atoms with Crippen molar-refractivity contribution in [3.8, 4) is 50.6 Å². The van der Waals surface area contributed by atoms with Crippen molar-refractivity contribution in [1.29, 1.82) is 0 Å². The molecule has 0 atom stereocenters. The molecule has 4 aromatic carbocycles. The Balaban J connectivity index is 1.73. The fraction of sp³-hybridized carbons (Fsp3) is 0.200. The number of phenols is 1. The number of hydrogen-bond acceptors (Lipinski definition) is 3. The summed E-state index contributed by atoms with van der Waals surface area (Å²) < 4.78 is 11.5. The fourth-order valence-corrected chi connectivity index (χ4v) is 3.71. The van der Waals surface area contributed by atoms with E-state index in [9.17, 15) is 5.11 Å². The molecule has 0 saturated carbocycles. The molecule has 0 aliphatic heterocycles. The second-order valence-electron chi connectivity index (χ2n) is 8.09. The van der Waals surface area contributed by atoms with Gasteiger partial charge in [-0.3, -0.25) is 0 Å². The first-order valence-corrected chi connectivity index (χ1v) is 11.6. The second kappa shape index (κ2) is 10.7. The topological polar surface area (TPSA) is 38.7 Å². The van der Waals surface area contributed by atoms with Crippen LogP contribution in [-0.2, 0) is 0 Å². The summed E-state index contributed by atoms with van der Waals surface area (Å²) in [6, 6.07) is 30.5. The van der Waals surface area contributed by atoms with Crippen LogP contribution in [0, 0.1) is 0 Å². The van der Waals surface area contributed by atoms with Gasteiger partial charge in [0.15, 0.2) is 0 Å². The highest BCUT2D eigenvalue weighted by Gasteiger charge is 2.09. The van der Waals surface area contributed by atoms with Crippen LogP contribution in [-0.4, -0.2) is 18.3 Å². The first-order valence-electron chi connectivity index (χ1n) is 11.6. The molecule has 0 aromatic heterocycles. The summed E-state index contributed by atoms with van der Waals surface area (Å²) in [5.74, 6) is 2.04. The van der Waals surface area contributed by atoms with Gasteiger partial charge < -0.3 is 14.6 Å². The minimum atomic E-state index is 0.264. The van der Waals surface area contributed by atoms with Gasteiger partial charge in [0.25, 0.3) is 0 Å². The smallest absolute Gasteiger partial charge is 0.119 e. The van der Waals surface area contributed by atoms with E-state index in [0.717, 1.165) is 70.9 Å². The molecule has 168 valence electrons. The van der Waals surface area contributed by atoms with Crippen molar-refractivity contribution in [3.05, 3.63) is 91.0 Å². The Kier molecular flexibility index (Phi) is 7.31. The van der Waals surface area contributed by atoms with Gasteiger partial charge in [-0.15, -0.1) is 0 Å². The Morgan fingerprint density at radius 2 is 0.818 bits per heavy atom. The molecule has 0 saturated heterocycles. The van der Waals surface area contributed by atoms with Gasteiger partial charge in [0, 0.05) is 0 Å². The number of benzene rings is 4. The maximum Gasteiger partial charge on any atom is 0.119 e. The quantitative estimate of drug-likeness (QED) is 0.288. The Morgan fingerprint density at radius 1 is 0.485 bits per heavy atom. The summed E-state index contributed by atoms with van der Waals surface area (Å²) in [6.45, 7) is 5.65. The summed E-state index contributed by atoms with van der Waals surface area (Å²) in [5, 5.41) is 9.72. The fourth-order valence-electron chi connectivity index (χ4n) is 3.71. The Hall–Kier alpha value is -3.72. The summed E-state index contributed by atoms with van der Waals surface area (Å²) in [4.78, 5) is 0. The number of phenolic OH excluding ortho intramolecular Hbond substituents is 1. The van der Waals surface area contributed by atoms with Gasteiger partial charge in [-0.1, -0.05) is 50.2 Å². The van der Waals surface area contributed by atoms with E-state index in [4.69, 9.17) is 9.47 Å². The Labute approximate surface area is 196 Å². The van der Waals surface area contributed by atoms with E-state index < -0.39 is 0 Å². The summed E-state index contributed by atoms with van der Waals surface area (Å²) in [5.41, 5.74) is 6.67. The summed E-state index contributed by atoms with van der Waals surface area (Å²) in [7, 11) is 0. The zero-order valence-corrected chi connectivity index (χ0v) is 19.3. The Morgan fingerprint density at radius 3 is 1.15 bits per heavy atom. The predicted molar refractivity (Wildman–Crippen MR) is 136 cm³/mol. The molecular weight excluding hydrogens is 408 g/mol. The largest absolute Gasteiger partial charge is 0.508 e. The molecule has 0 aliphatic carbocycles. The lowest BCUT2D eigenvalue weighted by Gasteiger charge is -2.13. The number of rotatable bonds is 9. The maximum absolute atomic E-state index is 9.72. The molecule has 3 nitrogen and oxygen atoms in total. The van der Waals surface area contributed by atoms with Gasteiger partial charge in [-0.2, -0.15) is 0 Å². The van der Waals surface area contributed by atoms with E-state index in [1.807, 2.05) is 36.4 Å². The average Bonchev–Trinajstić information content (AvgIpc) is 2.87. The van der Waals surface area contributed by atoms with Gasteiger partial charge in [0.05, 0.1) is 13.2 Å². The summed E-state index contributed by atoms with van der Waals surface area (Å²) in [6.07, 6.45) is 1.98. The molecule has 1 N–H and O–H groups in total. The third kappa shape index (κ3) is 5.75. The predicted octanol–water partition coefficient (Wildman–Crippen LogP) is 7.97. The number of aromatic hydroxyl groups is 1. The zero-order valence-electron chi connectivity index (χ0n) is 19.3. The van der Waals surface area contributed by atoms with Crippen LogP contribution in [0.1, 0.15) is 26.7 Å². The standard InChI is InChI=1S/C30H30O3/c1-3-17-32-29-13-7-23(8-14-29)26-19-25(22-5-11-28(31)12-6-22)20-27(21-26)24-9-15-30(16-10-24)33-18-4-2/h5-16,19-21,31H,3-4,17-18H2,1-2H3. The maximum atomic E-state index is 9.72. The van der Waals surface area contributed by atoms with Crippen LogP contribution in [0.15, 0.2) is 91.0 Å². The van der Waals surface area contributed by atoms with Crippen LogP contribution in [0.4, 0.5) is 0 Å². The third-order valence-corrected chi connectivity index (χ3v) is 5.45. The van der Waals surface area contributed by atoms with E-state index in [2.05, 4.69) is 56.3 Å². The first-order chi connectivity index (χ1) is 16.2. The van der Waals surface area contributed by atoms with Gasteiger partial charge >= 0.3 is 0 Å². The minimum Gasteiger partial charge on any atom is -0.508 e. The van der Waals surface area contributed by atoms with Crippen LogP contribution in [0.25, 0.3) is 33.4 Å². The molecular formula is C30H30O3. The van der Waals surface area contributed by atoms with Crippen LogP contribution in [0.5, 0.6) is 17.2 Å². The molecule has 4 aromatic rings. The van der Waals surface area contributed by atoms with Crippen molar-refractivity contribution in [3.63, 3.8) is 0 Å². The molecule has 4 rings (SSSR count). The molecule has 0 spiro atoms. The average molecular weight is 439 g/mol. The molecule has 0 radical (unpaired) electrons. The van der Waals surface area contributed by atoms with Crippen molar-refractivity contribution >= 4 is 0 Å². The van der Waals surface area contributed by atoms with Crippen LogP contribution in [0.2, 0.25) is 0 Å². The van der Waals surface area contributed by atoms with E-state index in [1.165, 1.54) is 0 Å². The highest BCUT2D eigenvalue weighted by molar-refractivity contribution is 5.81. The highest BCUT2D eigenvalue weighted by atomic mass is 16.5. The van der Waals surface area contributed by atoms with Crippen molar-refractivity contribution < 1.29 is 14.6 Å². The van der Waals surface area contributed by atoms with Crippen molar-refractivity contribution in [2.75, 3.05) is 13.2 Å². The number of ether oxygens (including phenoxy) is 2. The summed E-state index contributed by atoms with van der Waals surface area (Å²) >= 11 is 0. The Bertz CT molecular complexity index is 1090.